The lowest BCUT2D eigenvalue weighted by Gasteiger charge is -2.11. The third kappa shape index (κ3) is 3.21. The number of aromatic hydroxyl groups is 1. The van der Waals surface area contributed by atoms with E-state index in [0.29, 0.717) is 0 Å². The minimum atomic E-state index is -3.83. The van der Waals surface area contributed by atoms with Crippen molar-refractivity contribution in [2.75, 3.05) is 4.72 Å². The molecule has 0 aliphatic carbocycles. The van der Waals surface area contributed by atoms with Gasteiger partial charge < -0.3 is 5.11 Å². The predicted octanol–water partition coefficient (Wildman–Crippen LogP) is 3.25. The van der Waals surface area contributed by atoms with E-state index in [9.17, 15) is 17.9 Å². The van der Waals surface area contributed by atoms with Crippen LogP contribution < -0.4 is 4.72 Å². The molecule has 0 unspecified atom stereocenters. The maximum atomic E-state index is 13.1. The molecule has 0 aromatic heterocycles. The second kappa shape index (κ2) is 5.57. The van der Waals surface area contributed by atoms with Crippen molar-refractivity contribution >= 4 is 38.3 Å². The van der Waals surface area contributed by atoms with E-state index in [-0.39, 0.29) is 14.2 Å². The molecule has 0 heterocycles. The molecule has 0 fully saturated rings. The van der Waals surface area contributed by atoms with E-state index in [1.807, 2.05) is 6.92 Å². The quantitative estimate of drug-likeness (QED) is 0.607. The maximum absolute atomic E-state index is 13.1. The molecule has 2 aromatic carbocycles. The molecule has 0 amide bonds. The van der Waals surface area contributed by atoms with Crippen LogP contribution in [0.1, 0.15) is 5.56 Å². The van der Waals surface area contributed by atoms with Gasteiger partial charge in [0.2, 0.25) is 0 Å². The van der Waals surface area contributed by atoms with Crippen LogP contribution in [0.2, 0.25) is 0 Å². The summed E-state index contributed by atoms with van der Waals surface area (Å²) in [6.45, 7) is 1.85. The van der Waals surface area contributed by atoms with E-state index in [1.165, 1.54) is 12.1 Å². The Morgan fingerprint density at radius 1 is 1.20 bits per heavy atom. The summed E-state index contributed by atoms with van der Waals surface area (Å²) in [5.74, 6) is -1.09. The van der Waals surface area contributed by atoms with Crippen LogP contribution in [-0.2, 0) is 10.0 Å². The van der Waals surface area contributed by atoms with Gasteiger partial charge >= 0.3 is 0 Å². The molecule has 0 spiro atoms. The summed E-state index contributed by atoms with van der Waals surface area (Å²) in [6.07, 6.45) is 0. The summed E-state index contributed by atoms with van der Waals surface area (Å²) in [5.41, 5.74) is 0.899. The average Bonchev–Trinajstić information content (AvgIpc) is 2.34. The number of rotatable bonds is 3. The van der Waals surface area contributed by atoms with Crippen molar-refractivity contribution in [3.05, 3.63) is 51.3 Å². The van der Waals surface area contributed by atoms with Crippen LogP contribution in [0, 0.1) is 16.3 Å². The minimum absolute atomic E-state index is 0.0347. The van der Waals surface area contributed by atoms with Gasteiger partial charge in [0.15, 0.2) is 0 Å². The fraction of sp³-hybridized carbons (Fsp3) is 0.0769. The van der Waals surface area contributed by atoms with Crippen LogP contribution in [0.5, 0.6) is 5.75 Å². The standard InChI is InChI=1S/C13H11FINO3S/c1-8-2-4-10(5-3-8)20(18,19)16-13-11(15)6-9(14)7-12(13)17/h2-7,16-17H,1H3. The number of benzene rings is 2. The first-order valence-corrected chi connectivity index (χ1v) is 8.13. The first-order valence-electron chi connectivity index (χ1n) is 5.57. The van der Waals surface area contributed by atoms with Crippen molar-refractivity contribution < 1.29 is 17.9 Å². The van der Waals surface area contributed by atoms with Crippen LogP contribution in [-0.4, -0.2) is 13.5 Å². The van der Waals surface area contributed by atoms with E-state index in [4.69, 9.17) is 0 Å². The monoisotopic (exact) mass is 407 g/mol. The molecule has 7 heteroatoms. The van der Waals surface area contributed by atoms with Gasteiger partial charge in [0, 0.05) is 9.64 Å². The molecule has 2 N–H and O–H groups in total. The van der Waals surface area contributed by atoms with Gasteiger partial charge in [0.25, 0.3) is 10.0 Å². The molecule has 0 atom stereocenters. The molecule has 0 aliphatic heterocycles. The number of halogens is 2. The number of aryl methyl sites for hydroxylation is 1. The highest BCUT2D eigenvalue weighted by Gasteiger charge is 2.18. The molecule has 0 bridgehead atoms. The summed E-state index contributed by atoms with van der Waals surface area (Å²) in [6, 6.07) is 8.26. The van der Waals surface area contributed by atoms with Gasteiger partial charge in [-0.25, -0.2) is 12.8 Å². The predicted molar refractivity (Wildman–Crippen MR) is 82.8 cm³/mol. The molecule has 0 aliphatic rings. The van der Waals surface area contributed by atoms with Crippen molar-refractivity contribution in [1.82, 2.24) is 0 Å². The zero-order valence-electron chi connectivity index (χ0n) is 10.4. The van der Waals surface area contributed by atoms with Crippen LogP contribution >= 0.6 is 22.6 Å². The summed E-state index contributed by atoms with van der Waals surface area (Å²) < 4.78 is 40.0. The van der Waals surface area contributed by atoms with Gasteiger partial charge in [-0.15, -0.1) is 0 Å². The highest BCUT2D eigenvalue weighted by Crippen LogP contribution is 2.31. The Labute approximate surface area is 129 Å². The molecule has 2 rings (SSSR count). The van der Waals surface area contributed by atoms with Crippen molar-refractivity contribution in [2.24, 2.45) is 0 Å². The second-order valence-electron chi connectivity index (χ2n) is 4.20. The second-order valence-corrected chi connectivity index (χ2v) is 7.04. The van der Waals surface area contributed by atoms with Crippen LogP contribution in [0.4, 0.5) is 10.1 Å². The van der Waals surface area contributed by atoms with Crippen LogP contribution in [0.25, 0.3) is 0 Å². The summed E-state index contributed by atoms with van der Waals surface area (Å²) in [5, 5.41) is 9.65. The van der Waals surface area contributed by atoms with E-state index in [1.54, 1.807) is 34.7 Å². The molecule has 4 nitrogen and oxygen atoms in total. The Kier molecular flexibility index (Phi) is 4.19. The molecular formula is C13H11FINO3S. The average molecular weight is 407 g/mol. The zero-order chi connectivity index (χ0) is 14.9. The molecule has 0 saturated carbocycles. The Balaban J connectivity index is 2.41. The number of hydrogen-bond acceptors (Lipinski definition) is 3. The number of nitrogens with one attached hydrogen (secondary N) is 1. The third-order valence-electron chi connectivity index (χ3n) is 2.60. The first-order chi connectivity index (χ1) is 9.29. The summed E-state index contributed by atoms with van der Waals surface area (Å²) in [7, 11) is -3.83. The topological polar surface area (TPSA) is 66.4 Å². The fourth-order valence-electron chi connectivity index (χ4n) is 1.57. The van der Waals surface area contributed by atoms with E-state index in [0.717, 1.165) is 17.7 Å². The summed E-state index contributed by atoms with van der Waals surface area (Å²) >= 11 is 1.75. The number of anilines is 1. The van der Waals surface area contributed by atoms with Crippen molar-refractivity contribution in [3.8, 4) is 5.75 Å². The van der Waals surface area contributed by atoms with Crippen LogP contribution in [0.3, 0.4) is 0 Å². The Morgan fingerprint density at radius 2 is 1.80 bits per heavy atom. The van der Waals surface area contributed by atoms with Gasteiger partial charge in [-0.2, -0.15) is 0 Å². The SMILES string of the molecule is Cc1ccc(S(=O)(=O)Nc2c(O)cc(F)cc2I)cc1. The highest BCUT2D eigenvalue weighted by molar-refractivity contribution is 14.1. The lowest BCUT2D eigenvalue weighted by molar-refractivity contribution is 0.471. The fourth-order valence-corrected chi connectivity index (χ4v) is 3.56. The van der Waals surface area contributed by atoms with Crippen LogP contribution in [0.15, 0.2) is 41.3 Å². The molecule has 0 saturated heterocycles. The Bertz CT molecular complexity index is 722. The van der Waals surface area contributed by atoms with Gasteiger partial charge in [-0.3, -0.25) is 4.72 Å². The number of hydrogen-bond donors (Lipinski definition) is 2. The van der Waals surface area contributed by atoms with Gasteiger partial charge in [0.05, 0.1) is 4.90 Å². The molecule has 2 aromatic rings. The Hall–Kier alpha value is -1.35. The number of phenolic OH excluding ortho intramolecular Hbond substituents is 1. The molecule has 106 valence electrons. The molecule has 20 heavy (non-hydrogen) atoms. The van der Waals surface area contributed by atoms with Gasteiger partial charge in [-0.05, 0) is 47.7 Å². The van der Waals surface area contributed by atoms with Gasteiger partial charge in [-0.1, -0.05) is 17.7 Å². The van der Waals surface area contributed by atoms with E-state index in [2.05, 4.69) is 4.72 Å². The molecular weight excluding hydrogens is 396 g/mol. The van der Waals surface area contributed by atoms with E-state index < -0.39 is 21.6 Å². The van der Waals surface area contributed by atoms with E-state index >= 15 is 0 Å². The first kappa shape index (κ1) is 15.0. The zero-order valence-corrected chi connectivity index (χ0v) is 13.4. The largest absolute Gasteiger partial charge is 0.506 e. The van der Waals surface area contributed by atoms with Gasteiger partial charge in [0.1, 0.15) is 17.3 Å². The third-order valence-corrected chi connectivity index (χ3v) is 4.82. The highest BCUT2D eigenvalue weighted by atomic mass is 127. The van der Waals surface area contributed by atoms with Crippen molar-refractivity contribution in [3.63, 3.8) is 0 Å². The minimum Gasteiger partial charge on any atom is -0.506 e. The maximum Gasteiger partial charge on any atom is 0.262 e. The van der Waals surface area contributed by atoms with Crippen molar-refractivity contribution in [2.45, 2.75) is 11.8 Å². The lowest BCUT2D eigenvalue weighted by atomic mass is 10.2. The molecule has 0 radical (unpaired) electrons. The Morgan fingerprint density at radius 3 is 2.35 bits per heavy atom. The lowest BCUT2D eigenvalue weighted by Crippen LogP contribution is -2.14. The number of phenols is 1. The summed E-state index contributed by atoms with van der Waals surface area (Å²) in [4.78, 5) is 0.0719. The normalized spacial score (nSPS) is 11.3. The number of sulfonamides is 1. The smallest absolute Gasteiger partial charge is 0.262 e. The van der Waals surface area contributed by atoms with Crippen molar-refractivity contribution in [1.29, 1.82) is 0 Å².